The minimum atomic E-state index is -0.0583. The molecule has 2 aliphatic heterocycles. The number of ether oxygens (including phenoxy) is 4. The maximum absolute atomic E-state index is 10.9. The van der Waals surface area contributed by atoms with Crippen LogP contribution in [0.5, 0.6) is 46.0 Å². The van der Waals surface area contributed by atoms with Gasteiger partial charge in [-0.15, -0.1) is 0 Å². The minimum Gasteiger partial charge on any atom is -0.504 e. The largest absolute Gasteiger partial charge is 0.504 e. The Labute approximate surface area is 343 Å². The number of phenols is 4. The van der Waals surface area contributed by atoms with Crippen LogP contribution in [0.15, 0.2) is 103 Å². The topological polar surface area (TPSA) is 164 Å². The zero-order chi connectivity index (χ0) is 41.7. The van der Waals surface area contributed by atoms with Crippen LogP contribution in [-0.2, 0) is 0 Å². The predicted octanol–water partition coefficient (Wildman–Crippen LogP) is 9.98. The molecule has 7 aromatic rings. The van der Waals surface area contributed by atoms with E-state index < -0.39 is 0 Å². The number of aromatic nitrogens is 4. The van der Waals surface area contributed by atoms with Gasteiger partial charge in [0, 0.05) is 33.8 Å². The van der Waals surface area contributed by atoms with Crippen LogP contribution in [-0.4, -0.2) is 68.4 Å². The summed E-state index contributed by atoms with van der Waals surface area (Å²) in [7, 11) is 5.95. The lowest BCUT2D eigenvalue weighted by Gasteiger charge is -2.16. The highest BCUT2D eigenvalue weighted by Crippen LogP contribution is 2.50. The highest BCUT2D eigenvalue weighted by Gasteiger charge is 2.28. The van der Waals surface area contributed by atoms with Gasteiger partial charge in [-0.25, -0.2) is 9.97 Å². The first-order chi connectivity index (χ1) is 29.2. The van der Waals surface area contributed by atoms with Gasteiger partial charge in [-0.1, -0.05) is 18.2 Å². The molecule has 5 heterocycles. The van der Waals surface area contributed by atoms with E-state index in [-0.39, 0.29) is 46.0 Å². The number of hydrogen-bond donors (Lipinski definition) is 5. The highest BCUT2D eigenvalue weighted by molar-refractivity contribution is 6.11. The molecule has 3 aromatic heterocycles. The van der Waals surface area contributed by atoms with Crippen molar-refractivity contribution in [3.05, 3.63) is 126 Å². The zero-order valence-corrected chi connectivity index (χ0v) is 32.9. The van der Waals surface area contributed by atoms with E-state index in [1.165, 1.54) is 28.4 Å². The molecule has 0 radical (unpaired) electrons. The average molecular weight is 799 g/mol. The fourth-order valence-corrected chi connectivity index (χ4v) is 7.73. The summed E-state index contributed by atoms with van der Waals surface area (Å²) in [6.45, 7) is 0. The quantitative estimate of drug-likeness (QED) is 0.0999. The second kappa shape index (κ2) is 15.0. The van der Waals surface area contributed by atoms with Gasteiger partial charge in [-0.05, 0) is 120 Å². The maximum Gasteiger partial charge on any atom is 0.162 e. The summed E-state index contributed by atoms with van der Waals surface area (Å²) < 4.78 is 24.8. The molecule has 60 heavy (non-hydrogen) atoms. The van der Waals surface area contributed by atoms with E-state index in [1.54, 1.807) is 72.8 Å². The molecule has 0 atom stereocenters. The zero-order valence-electron chi connectivity index (χ0n) is 32.9. The lowest BCUT2D eigenvalue weighted by atomic mass is 9.92. The molecule has 0 aliphatic carbocycles. The number of fused-ring (bicyclic) bond motifs is 8. The smallest absolute Gasteiger partial charge is 0.162 e. The summed E-state index contributed by atoms with van der Waals surface area (Å²) >= 11 is 0. The number of nitrogens with one attached hydrogen (secondary N) is 1. The van der Waals surface area contributed by atoms with E-state index in [2.05, 4.69) is 4.98 Å². The van der Waals surface area contributed by atoms with Crippen LogP contribution in [0.1, 0.15) is 22.8 Å². The predicted molar refractivity (Wildman–Crippen MR) is 233 cm³/mol. The van der Waals surface area contributed by atoms with Crippen LogP contribution in [0, 0.1) is 0 Å². The van der Waals surface area contributed by atoms with Gasteiger partial charge >= 0.3 is 0 Å². The molecule has 8 bridgehead atoms. The van der Waals surface area contributed by atoms with Gasteiger partial charge in [0.15, 0.2) is 46.0 Å². The van der Waals surface area contributed by atoms with E-state index >= 15 is 0 Å². The molecule has 4 aromatic carbocycles. The number of phenolic OH excluding ortho intramolecular Hbond substituents is 4. The fraction of sp³-hybridized carbons (Fsp3) is 0.0833. The van der Waals surface area contributed by atoms with E-state index in [1.807, 2.05) is 59.2 Å². The van der Waals surface area contributed by atoms with Crippen molar-refractivity contribution in [3.63, 3.8) is 0 Å². The lowest BCUT2D eigenvalue weighted by Crippen LogP contribution is -1.98. The van der Waals surface area contributed by atoms with Crippen molar-refractivity contribution in [1.82, 2.24) is 19.5 Å². The molecule has 298 valence electrons. The summed E-state index contributed by atoms with van der Waals surface area (Å²) in [5, 5.41) is 43.6. The Morgan fingerprint density at radius 1 is 0.450 bits per heavy atom. The maximum atomic E-state index is 10.9. The van der Waals surface area contributed by atoms with Gasteiger partial charge < -0.3 is 48.9 Å². The van der Waals surface area contributed by atoms with Crippen molar-refractivity contribution in [2.45, 2.75) is 0 Å². The normalized spacial score (nSPS) is 11.8. The molecule has 0 unspecified atom stereocenters. The van der Waals surface area contributed by atoms with Crippen molar-refractivity contribution in [3.8, 4) is 85.1 Å². The summed E-state index contributed by atoms with van der Waals surface area (Å²) in [6, 6.07) is 30.3. The van der Waals surface area contributed by atoms with Crippen LogP contribution in [0.3, 0.4) is 0 Å². The molecule has 0 fully saturated rings. The Morgan fingerprint density at radius 2 is 0.900 bits per heavy atom. The van der Waals surface area contributed by atoms with Crippen molar-refractivity contribution in [2.75, 3.05) is 28.4 Å². The third-order valence-electron chi connectivity index (χ3n) is 10.5. The molecule has 12 heteroatoms. The van der Waals surface area contributed by atoms with Crippen molar-refractivity contribution < 1.29 is 39.4 Å². The lowest BCUT2D eigenvalue weighted by molar-refractivity contribution is 0.373. The van der Waals surface area contributed by atoms with Crippen LogP contribution in [0.4, 0.5) is 0 Å². The number of benzene rings is 4. The standard InChI is InChI=1S/C48H38N4O8/c1-57-41-19-26(5-15-37(41)53)45-35-14-12-32(51-35)23-31-9-8-29(49-31)22-30-10-11-33(50-30)24-36-46(27-6-16-38(54)42(20-27)58-2)47(28-7-17-39(55)43(21-28)59-3)48(45)52(36)34-13-18-40(56)44(25-34)60-4/h5-25,49,53-56H,1-4H3. The number of nitrogens with zero attached hydrogens (tertiary/aromatic N) is 3. The second-order valence-corrected chi connectivity index (χ2v) is 14.1. The molecule has 0 saturated heterocycles. The number of aromatic hydroxyl groups is 4. The SMILES string of the molecule is COc1cc(-c2c(-c3ccc(O)c(OC)c3)c3c(-c4ccc(O)c(OC)c4)c4nc(cc5ccc(cc6nc(cc2n3-c2ccc(O)c(OC)c2)C=C6)[nH]5)C=C4)ccc1O. The molecular weight excluding hydrogens is 761 g/mol. The summed E-state index contributed by atoms with van der Waals surface area (Å²) in [4.78, 5) is 13.7. The number of aromatic amines is 1. The van der Waals surface area contributed by atoms with Crippen LogP contribution in [0.25, 0.3) is 85.4 Å². The van der Waals surface area contributed by atoms with Crippen molar-refractivity contribution >= 4 is 46.4 Å². The van der Waals surface area contributed by atoms with Crippen LogP contribution >= 0.6 is 0 Å². The molecular formula is C48H38N4O8. The molecule has 9 rings (SSSR count). The van der Waals surface area contributed by atoms with E-state index in [0.29, 0.717) is 67.2 Å². The minimum absolute atomic E-state index is 0.0495. The average Bonchev–Trinajstić information content (AvgIpc) is 4.07. The summed E-state index contributed by atoms with van der Waals surface area (Å²) in [5.74, 6) is 0.721. The monoisotopic (exact) mass is 798 g/mol. The first-order valence-electron chi connectivity index (χ1n) is 18.8. The second-order valence-electron chi connectivity index (χ2n) is 14.1. The summed E-state index contributed by atoms with van der Waals surface area (Å²) in [6.07, 6.45) is 7.73. The summed E-state index contributed by atoms with van der Waals surface area (Å²) in [5.41, 5.74) is 10.0. The van der Waals surface area contributed by atoms with Crippen LogP contribution in [0.2, 0.25) is 0 Å². The van der Waals surface area contributed by atoms with E-state index in [4.69, 9.17) is 28.9 Å². The van der Waals surface area contributed by atoms with Gasteiger partial charge in [0.2, 0.25) is 0 Å². The molecule has 5 N–H and O–H groups in total. The number of H-pyrrole nitrogens is 1. The first-order valence-corrected chi connectivity index (χ1v) is 18.8. The molecule has 2 aliphatic rings. The Hall–Kier alpha value is -8.12. The molecule has 12 nitrogen and oxygen atoms in total. The van der Waals surface area contributed by atoms with E-state index in [9.17, 15) is 20.4 Å². The first kappa shape index (κ1) is 37.5. The van der Waals surface area contributed by atoms with Gasteiger partial charge in [0.25, 0.3) is 0 Å². The van der Waals surface area contributed by atoms with Crippen molar-refractivity contribution in [2.24, 2.45) is 0 Å². The Bertz CT molecular complexity index is 3110. The van der Waals surface area contributed by atoms with E-state index in [0.717, 1.165) is 16.7 Å². The highest BCUT2D eigenvalue weighted by atomic mass is 16.5. The Morgan fingerprint density at radius 3 is 1.45 bits per heavy atom. The van der Waals surface area contributed by atoms with Gasteiger partial charge in [0.1, 0.15) is 0 Å². The number of rotatable bonds is 8. The Kier molecular flexibility index (Phi) is 9.36. The van der Waals surface area contributed by atoms with Gasteiger partial charge in [0.05, 0.1) is 67.9 Å². The Balaban J connectivity index is 1.64. The number of methoxy groups -OCH3 is 4. The van der Waals surface area contributed by atoms with Crippen LogP contribution < -0.4 is 18.9 Å². The molecule has 0 spiro atoms. The molecule has 0 amide bonds. The number of hydrogen-bond acceptors (Lipinski definition) is 10. The van der Waals surface area contributed by atoms with Crippen molar-refractivity contribution in [1.29, 1.82) is 0 Å². The van der Waals surface area contributed by atoms with Gasteiger partial charge in [-0.2, -0.15) is 0 Å². The fourth-order valence-electron chi connectivity index (χ4n) is 7.73. The van der Waals surface area contributed by atoms with Gasteiger partial charge in [-0.3, -0.25) is 0 Å². The third kappa shape index (κ3) is 6.55. The third-order valence-corrected chi connectivity index (χ3v) is 10.5. The molecule has 0 saturated carbocycles.